The maximum Gasteiger partial charge on any atom is 0.338 e. The highest BCUT2D eigenvalue weighted by atomic mass is 16.6. The lowest BCUT2D eigenvalue weighted by Crippen LogP contribution is -2.23. The molecule has 1 aromatic carbocycles. The van der Waals surface area contributed by atoms with Crippen molar-refractivity contribution in [3.63, 3.8) is 0 Å². The van der Waals surface area contributed by atoms with Crippen LogP contribution in [0, 0.1) is 22.7 Å². The first-order valence-corrected chi connectivity index (χ1v) is 7.23. The van der Waals surface area contributed by atoms with Crippen LogP contribution in [0.25, 0.3) is 0 Å². The van der Waals surface area contributed by atoms with Crippen LogP contribution in [0.15, 0.2) is 24.3 Å². The molecule has 0 saturated heterocycles. The first-order chi connectivity index (χ1) is 11.2. The lowest BCUT2D eigenvalue weighted by atomic mass is 10.1. The number of hydrogen-bond acceptors (Lipinski definition) is 6. The molecule has 0 aliphatic carbocycles. The predicted octanol–water partition coefficient (Wildman–Crippen LogP) is 2.21. The van der Waals surface area contributed by atoms with E-state index in [0.29, 0.717) is 5.56 Å². The summed E-state index contributed by atoms with van der Waals surface area (Å²) in [7, 11) is 0. The summed E-state index contributed by atoms with van der Waals surface area (Å²) in [5.41, 5.74) is 6.57. The van der Waals surface area contributed by atoms with Crippen LogP contribution in [0.2, 0.25) is 0 Å². The van der Waals surface area contributed by atoms with Gasteiger partial charge >= 0.3 is 5.97 Å². The van der Waals surface area contributed by atoms with E-state index in [1.54, 1.807) is 45.0 Å². The molecule has 7 nitrogen and oxygen atoms in total. The molecule has 122 valence electrons. The van der Waals surface area contributed by atoms with Gasteiger partial charge in [-0.1, -0.05) is 12.1 Å². The van der Waals surface area contributed by atoms with E-state index in [1.165, 1.54) is 4.57 Å². The molecule has 2 aromatic rings. The summed E-state index contributed by atoms with van der Waals surface area (Å²) in [5, 5.41) is 18.1. The molecule has 0 atom stereocenters. The third kappa shape index (κ3) is 3.71. The molecule has 2 N–H and O–H groups in total. The number of imidazole rings is 1. The first kappa shape index (κ1) is 17.0. The molecule has 0 aliphatic heterocycles. The topological polar surface area (TPSA) is 118 Å². The quantitative estimate of drug-likeness (QED) is 0.865. The van der Waals surface area contributed by atoms with Crippen LogP contribution in [-0.2, 0) is 11.3 Å². The number of nitrogen functional groups attached to an aromatic ring is 1. The van der Waals surface area contributed by atoms with Crippen molar-refractivity contribution in [1.82, 2.24) is 9.55 Å². The Bertz CT molecular complexity index is 845. The zero-order valence-corrected chi connectivity index (χ0v) is 13.7. The molecule has 0 unspecified atom stereocenters. The number of anilines is 1. The van der Waals surface area contributed by atoms with Gasteiger partial charge < -0.3 is 10.5 Å². The number of carbonyl (C=O) groups is 1. The highest BCUT2D eigenvalue weighted by Crippen LogP contribution is 2.17. The number of esters is 1. The minimum atomic E-state index is -0.559. The van der Waals surface area contributed by atoms with Crippen LogP contribution in [0.1, 0.15) is 48.1 Å². The van der Waals surface area contributed by atoms with Crippen molar-refractivity contribution in [2.45, 2.75) is 32.9 Å². The molecule has 0 radical (unpaired) electrons. The van der Waals surface area contributed by atoms with Gasteiger partial charge in [-0.25, -0.2) is 9.78 Å². The van der Waals surface area contributed by atoms with Gasteiger partial charge in [0.25, 0.3) is 0 Å². The maximum absolute atomic E-state index is 12.0. The maximum atomic E-state index is 12.0. The summed E-state index contributed by atoms with van der Waals surface area (Å²) in [6, 6.07) is 10.6. The largest absolute Gasteiger partial charge is 0.456 e. The number of nitriles is 2. The van der Waals surface area contributed by atoms with Gasteiger partial charge in [0.15, 0.2) is 11.4 Å². The van der Waals surface area contributed by atoms with E-state index in [4.69, 9.17) is 21.0 Å². The van der Waals surface area contributed by atoms with Crippen LogP contribution in [-0.4, -0.2) is 21.1 Å². The van der Waals surface area contributed by atoms with Gasteiger partial charge in [0.05, 0.1) is 12.1 Å². The Balaban J connectivity index is 2.22. The second-order valence-corrected chi connectivity index (χ2v) is 6.18. The number of carbonyl (C=O) groups excluding carboxylic acids is 1. The number of rotatable bonds is 3. The number of nitrogens with two attached hydrogens (primary N) is 1. The number of aromatic nitrogens is 2. The molecule has 0 aliphatic rings. The van der Waals surface area contributed by atoms with Gasteiger partial charge in [-0.2, -0.15) is 10.5 Å². The molecule has 0 spiro atoms. The standard InChI is InChI=1S/C17H17N5O2/c1-17(2,3)24-15(23)12-6-4-11(5-7-12)10-22-14(9-19)13(8-18)21-16(22)20/h4-7H,10H2,1-3H3,(H2,20,21). The normalized spacial score (nSPS) is 10.7. The Kier molecular flexibility index (Phi) is 4.57. The lowest BCUT2D eigenvalue weighted by molar-refractivity contribution is 0.00695. The van der Waals surface area contributed by atoms with Crippen LogP contribution < -0.4 is 5.73 Å². The molecule has 1 heterocycles. The summed E-state index contributed by atoms with van der Waals surface area (Å²) in [6.45, 7) is 5.68. The number of ether oxygens (including phenoxy) is 1. The summed E-state index contributed by atoms with van der Waals surface area (Å²) in [5.74, 6) is -0.306. The zero-order chi connectivity index (χ0) is 17.9. The summed E-state index contributed by atoms with van der Waals surface area (Å²) in [6.07, 6.45) is 0. The Morgan fingerprint density at radius 3 is 2.38 bits per heavy atom. The van der Waals surface area contributed by atoms with Crippen LogP contribution in [0.3, 0.4) is 0 Å². The molecular formula is C17H17N5O2. The Morgan fingerprint density at radius 2 is 1.88 bits per heavy atom. The Morgan fingerprint density at radius 1 is 1.25 bits per heavy atom. The molecule has 0 amide bonds. The van der Waals surface area contributed by atoms with E-state index in [-0.39, 0.29) is 23.9 Å². The van der Waals surface area contributed by atoms with E-state index < -0.39 is 11.6 Å². The van der Waals surface area contributed by atoms with Gasteiger partial charge in [-0.05, 0) is 38.5 Å². The molecule has 7 heteroatoms. The van der Waals surface area contributed by atoms with Crippen LogP contribution >= 0.6 is 0 Å². The van der Waals surface area contributed by atoms with Gasteiger partial charge in [0.1, 0.15) is 17.7 Å². The predicted molar refractivity (Wildman–Crippen MR) is 86.8 cm³/mol. The third-order valence-corrected chi connectivity index (χ3v) is 3.14. The molecule has 2 rings (SSSR count). The van der Waals surface area contributed by atoms with Gasteiger partial charge in [-0.15, -0.1) is 0 Å². The van der Waals surface area contributed by atoms with Crippen molar-refractivity contribution in [3.05, 3.63) is 46.8 Å². The van der Waals surface area contributed by atoms with Crippen molar-refractivity contribution >= 4 is 11.9 Å². The van der Waals surface area contributed by atoms with Crippen LogP contribution in [0.5, 0.6) is 0 Å². The minimum Gasteiger partial charge on any atom is -0.456 e. The third-order valence-electron chi connectivity index (χ3n) is 3.14. The van der Waals surface area contributed by atoms with E-state index in [1.807, 2.05) is 12.1 Å². The van der Waals surface area contributed by atoms with E-state index >= 15 is 0 Å². The Hall–Kier alpha value is -3.32. The van der Waals surface area contributed by atoms with Crippen LogP contribution in [0.4, 0.5) is 5.95 Å². The fraction of sp³-hybridized carbons (Fsp3) is 0.294. The second-order valence-electron chi connectivity index (χ2n) is 6.18. The van der Waals surface area contributed by atoms with E-state index in [0.717, 1.165) is 5.56 Å². The molecule has 1 aromatic heterocycles. The van der Waals surface area contributed by atoms with Gasteiger partial charge in [0.2, 0.25) is 5.95 Å². The fourth-order valence-corrected chi connectivity index (χ4v) is 2.09. The summed E-state index contributed by atoms with van der Waals surface area (Å²) < 4.78 is 6.76. The zero-order valence-electron chi connectivity index (χ0n) is 13.7. The van der Waals surface area contributed by atoms with Crippen molar-refractivity contribution < 1.29 is 9.53 Å². The molecule has 0 saturated carbocycles. The molecule has 0 fully saturated rings. The fourth-order valence-electron chi connectivity index (χ4n) is 2.09. The first-order valence-electron chi connectivity index (χ1n) is 7.23. The highest BCUT2D eigenvalue weighted by molar-refractivity contribution is 5.89. The van der Waals surface area contributed by atoms with E-state index in [2.05, 4.69) is 4.98 Å². The number of nitrogens with zero attached hydrogens (tertiary/aromatic N) is 4. The van der Waals surface area contributed by atoms with Crippen molar-refractivity contribution in [2.24, 2.45) is 0 Å². The molecular weight excluding hydrogens is 306 g/mol. The second kappa shape index (κ2) is 6.43. The van der Waals surface area contributed by atoms with E-state index in [9.17, 15) is 4.79 Å². The van der Waals surface area contributed by atoms with Crippen molar-refractivity contribution in [3.8, 4) is 12.1 Å². The minimum absolute atomic E-state index is 0.000347. The van der Waals surface area contributed by atoms with Crippen molar-refractivity contribution in [2.75, 3.05) is 5.73 Å². The monoisotopic (exact) mass is 323 g/mol. The Labute approximate surface area is 139 Å². The van der Waals surface area contributed by atoms with Gasteiger partial charge in [0, 0.05) is 0 Å². The average Bonchev–Trinajstić information content (AvgIpc) is 2.81. The number of benzene rings is 1. The van der Waals surface area contributed by atoms with Gasteiger partial charge in [-0.3, -0.25) is 4.57 Å². The average molecular weight is 323 g/mol. The highest BCUT2D eigenvalue weighted by Gasteiger charge is 2.18. The molecule has 24 heavy (non-hydrogen) atoms. The van der Waals surface area contributed by atoms with Crippen molar-refractivity contribution in [1.29, 1.82) is 10.5 Å². The lowest BCUT2D eigenvalue weighted by Gasteiger charge is -2.19. The summed E-state index contributed by atoms with van der Waals surface area (Å²) in [4.78, 5) is 15.9. The smallest absolute Gasteiger partial charge is 0.338 e. The molecule has 0 bridgehead atoms. The number of hydrogen-bond donors (Lipinski definition) is 1. The SMILES string of the molecule is CC(C)(C)OC(=O)c1ccc(Cn2c(N)nc(C#N)c2C#N)cc1. The summed E-state index contributed by atoms with van der Waals surface area (Å²) >= 11 is 0.